The van der Waals surface area contributed by atoms with Gasteiger partial charge in [0.1, 0.15) is 10.6 Å². The molecule has 0 unspecified atom stereocenters. The van der Waals surface area contributed by atoms with Gasteiger partial charge in [0.15, 0.2) is 0 Å². The van der Waals surface area contributed by atoms with Gasteiger partial charge in [-0.05, 0) is 13.8 Å². The van der Waals surface area contributed by atoms with Crippen molar-refractivity contribution in [3.8, 4) is 0 Å². The molecule has 4 nitrogen and oxygen atoms in total. The van der Waals surface area contributed by atoms with Crippen LogP contribution in [0.5, 0.6) is 0 Å². The van der Waals surface area contributed by atoms with E-state index in [1.165, 1.54) is 26.2 Å². The molecule has 7 heteroatoms. The number of aromatic nitrogens is 2. The summed E-state index contributed by atoms with van der Waals surface area (Å²) in [5.41, 5.74) is 0. The van der Waals surface area contributed by atoms with Crippen LogP contribution in [-0.4, -0.2) is 25.4 Å². The molecule has 1 aromatic heterocycles. The number of nitrogens with zero attached hydrogens (tertiary/aromatic N) is 2. The van der Waals surface area contributed by atoms with Crippen molar-refractivity contribution in [1.82, 2.24) is 9.55 Å². The molecule has 0 aliphatic rings. The summed E-state index contributed by atoms with van der Waals surface area (Å²) in [6, 6.07) is 0. The number of imidazole rings is 1. The SMILES string of the molecule is CC(C)(SCc1nccn1C(F)F)C(=O)O. The van der Waals surface area contributed by atoms with Crippen LogP contribution in [0.1, 0.15) is 26.2 Å². The first-order chi connectivity index (χ1) is 7.34. The summed E-state index contributed by atoms with van der Waals surface area (Å²) in [6.45, 7) is 0.400. The predicted molar refractivity (Wildman–Crippen MR) is 56.5 cm³/mol. The molecule has 0 fully saturated rings. The highest BCUT2D eigenvalue weighted by atomic mass is 32.2. The minimum absolute atomic E-state index is 0.136. The van der Waals surface area contributed by atoms with Crippen LogP contribution in [0.15, 0.2) is 12.4 Å². The van der Waals surface area contributed by atoms with Crippen LogP contribution in [0, 0.1) is 0 Å². The van der Waals surface area contributed by atoms with Crippen LogP contribution in [0.2, 0.25) is 0 Å². The summed E-state index contributed by atoms with van der Waals surface area (Å²) in [6.07, 6.45) is 2.45. The number of aliphatic carboxylic acids is 1. The molecule has 0 saturated carbocycles. The van der Waals surface area contributed by atoms with Crippen molar-refractivity contribution < 1.29 is 18.7 Å². The van der Waals surface area contributed by atoms with Gasteiger partial charge in [-0.1, -0.05) is 0 Å². The lowest BCUT2D eigenvalue weighted by molar-refractivity contribution is -0.138. The minimum atomic E-state index is -2.65. The number of hydrogen-bond donors (Lipinski definition) is 1. The second-order valence-corrected chi connectivity index (χ2v) is 5.23. The first-order valence-electron chi connectivity index (χ1n) is 4.52. The van der Waals surface area contributed by atoms with Crippen LogP contribution in [0.25, 0.3) is 0 Å². The van der Waals surface area contributed by atoms with E-state index in [0.29, 0.717) is 0 Å². The van der Waals surface area contributed by atoms with Crippen LogP contribution < -0.4 is 0 Å². The maximum atomic E-state index is 12.4. The smallest absolute Gasteiger partial charge is 0.319 e. The van der Waals surface area contributed by atoms with Crippen molar-refractivity contribution in [2.75, 3.05) is 0 Å². The molecule has 1 heterocycles. The molecule has 0 aliphatic carbocycles. The summed E-state index contributed by atoms with van der Waals surface area (Å²) >= 11 is 1.06. The highest BCUT2D eigenvalue weighted by molar-refractivity contribution is 8.00. The van der Waals surface area contributed by atoms with E-state index < -0.39 is 17.3 Å². The van der Waals surface area contributed by atoms with Gasteiger partial charge in [-0.3, -0.25) is 9.36 Å². The van der Waals surface area contributed by atoms with Gasteiger partial charge in [0.25, 0.3) is 0 Å². The van der Waals surface area contributed by atoms with Gasteiger partial charge in [0.2, 0.25) is 0 Å². The second kappa shape index (κ2) is 4.82. The Morgan fingerprint density at radius 2 is 2.31 bits per heavy atom. The van der Waals surface area contributed by atoms with Crippen molar-refractivity contribution in [3.63, 3.8) is 0 Å². The molecule has 0 aromatic carbocycles. The second-order valence-electron chi connectivity index (χ2n) is 3.63. The van der Waals surface area contributed by atoms with Gasteiger partial charge >= 0.3 is 12.5 Å². The van der Waals surface area contributed by atoms with E-state index in [1.807, 2.05) is 0 Å². The number of carbonyl (C=O) groups is 1. The Morgan fingerprint density at radius 3 is 2.81 bits per heavy atom. The zero-order chi connectivity index (χ0) is 12.3. The number of carboxylic acids is 1. The number of hydrogen-bond acceptors (Lipinski definition) is 3. The van der Waals surface area contributed by atoms with Gasteiger partial charge in [0, 0.05) is 12.4 Å². The molecular formula is C9H12F2N2O2S. The van der Waals surface area contributed by atoms with Crippen molar-refractivity contribution >= 4 is 17.7 Å². The molecule has 16 heavy (non-hydrogen) atoms. The standard InChI is InChI=1S/C9H12F2N2O2S/c1-9(2,7(14)15)16-5-6-12-3-4-13(6)8(10)11/h3-4,8H,5H2,1-2H3,(H,14,15). The molecule has 0 radical (unpaired) electrons. The lowest BCUT2D eigenvalue weighted by atomic mass is 10.2. The Kier molecular flexibility index (Phi) is 3.90. The van der Waals surface area contributed by atoms with E-state index in [1.54, 1.807) is 0 Å². The summed E-state index contributed by atoms with van der Waals surface area (Å²) in [4.78, 5) is 14.6. The van der Waals surface area contributed by atoms with E-state index in [-0.39, 0.29) is 11.6 Å². The molecule has 90 valence electrons. The van der Waals surface area contributed by atoms with E-state index in [4.69, 9.17) is 5.11 Å². The Bertz CT molecular complexity index is 379. The zero-order valence-electron chi connectivity index (χ0n) is 8.85. The molecular weight excluding hydrogens is 238 g/mol. The first-order valence-corrected chi connectivity index (χ1v) is 5.50. The summed E-state index contributed by atoms with van der Waals surface area (Å²) < 4.78 is 24.6. The molecule has 0 bridgehead atoms. The summed E-state index contributed by atoms with van der Waals surface area (Å²) in [5.74, 6) is -0.668. The summed E-state index contributed by atoms with van der Waals surface area (Å²) in [5, 5.41) is 8.85. The molecule has 1 N–H and O–H groups in total. The lowest BCUT2D eigenvalue weighted by Gasteiger charge is -2.18. The van der Waals surface area contributed by atoms with E-state index in [2.05, 4.69) is 4.98 Å². The Balaban J connectivity index is 2.68. The third kappa shape index (κ3) is 2.94. The molecule has 1 aromatic rings. The van der Waals surface area contributed by atoms with Gasteiger partial charge in [-0.2, -0.15) is 8.78 Å². The van der Waals surface area contributed by atoms with Crippen LogP contribution in [0.3, 0.4) is 0 Å². The highest BCUT2D eigenvalue weighted by Gasteiger charge is 2.28. The van der Waals surface area contributed by atoms with Gasteiger partial charge in [-0.25, -0.2) is 4.98 Å². The molecule has 0 saturated heterocycles. The van der Waals surface area contributed by atoms with Crippen LogP contribution in [-0.2, 0) is 10.5 Å². The quantitative estimate of drug-likeness (QED) is 0.871. The molecule has 0 spiro atoms. The maximum absolute atomic E-state index is 12.4. The average Bonchev–Trinajstić information content (AvgIpc) is 2.62. The Labute approximate surface area is 95.7 Å². The van der Waals surface area contributed by atoms with Gasteiger partial charge in [0.05, 0.1) is 5.75 Å². The number of halogens is 2. The topological polar surface area (TPSA) is 55.1 Å². The number of rotatable bonds is 5. The van der Waals surface area contributed by atoms with E-state index in [0.717, 1.165) is 16.3 Å². The van der Waals surface area contributed by atoms with Crippen molar-refractivity contribution in [1.29, 1.82) is 0 Å². The third-order valence-corrected chi connectivity index (χ3v) is 3.34. The molecule has 0 aliphatic heterocycles. The fourth-order valence-electron chi connectivity index (χ4n) is 0.940. The Hall–Kier alpha value is -1.11. The number of alkyl halides is 2. The largest absolute Gasteiger partial charge is 0.480 e. The van der Waals surface area contributed by atoms with E-state index in [9.17, 15) is 13.6 Å². The van der Waals surface area contributed by atoms with Crippen molar-refractivity contribution in [3.05, 3.63) is 18.2 Å². The monoisotopic (exact) mass is 250 g/mol. The number of thioether (sulfide) groups is 1. The van der Waals surface area contributed by atoms with Crippen LogP contribution in [0.4, 0.5) is 8.78 Å². The van der Waals surface area contributed by atoms with Crippen molar-refractivity contribution in [2.24, 2.45) is 0 Å². The zero-order valence-corrected chi connectivity index (χ0v) is 9.67. The minimum Gasteiger partial charge on any atom is -0.480 e. The predicted octanol–water partition coefficient (Wildman–Crippen LogP) is 2.37. The number of carboxylic acid groups (broad SMARTS) is 1. The highest BCUT2D eigenvalue weighted by Crippen LogP contribution is 2.28. The first kappa shape index (κ1) is 13.0. The third-order valence-electron chi connectivity index (χ3n) is 2.04. The fourth-order valence-corrected chi connectivity index (χ4v) is 1.78. The van der Waals surface area contributed by atoms with Gasteiger partial charge in [-0.15, -0.1) is 11.8 Å². The van der Waals surface area contributed by atoms with Crippen molar-refractivity contribution in [2.45, 2.75) is 30.9 Å². The van der Waals surface area contributed by atoms with Crippen LogP contribution >= 0.6 is 11.8 Å². The Morgan fingerprint density at radius 1 is 1.69 bits per heavy atom. The maximum Gasteiger partial charge on any atom is 0.319 e. The fraction of sp³-hybridized carbons (Fsp3) is 0.556. The summed E-state index contributed by atoms with van der Waals surface area (Å²) in [7, 11) is 0. The molecule has 0 amide bonds. The molecule has 0 atom stereocenters. The lowest BCUT2D eigenvalue weighted by Crippen LogP contribution is -2.27. The normalized spacial score (nSPS) is 12.1. The van der Waals surface area contributed by atoms with E-state index >= 15 is 0 Å². The van der Waals surface area contributed by atoms with Gasteiger partial charge < -0.3 is 5.11 Å². The molecule has 1 rings (SSSR count). The average molecular weight is 250 g/mol.